The summed E-state index contributed by atoms with van der Waals surface area (Å²) in [7, 11) is 4.13. The zero-order valence-electron chi connectivity index (χ0n) is 36.2. The lowest BCUT2D eigenvalue weighted by Gasteiger charge is -2.30. The first-order valence-corrected chi connectivity index (χ1v) is 21.4. The van der Waals surface area contributed by atoms with Crippen LogP contribution in [0.15, 0.2) is 102 Å². The van der Waals surface area contributed by atoms with Crippen LogP contribution in [-0.4, -0.2) is 96.0 Å². The Hall–Kier alpha value is -6.96. The number of aromatic nitrogens is 2. The van der Waals surface area contributed by atoms with E-state index in [9.17, 15) is 19.2 Å². The largest absolute Gasteiger partial charge is 0.497 e. The molecule has 4 amide bonds. The fourth-order valence-corrected chi connectivity index (χ4v) is 8.97. The van der Waals surface area contributed by atoms with Crippen LogP contribution in [0.5, 0.6) is 5.75 Å². The van der Waals surface area contributed by atoms with Gasteiger partial charge < -0.3 is 39.6 Å². The molecule has 326 valence electrons. The summed E-state index contributed by atoms with van der Waals surface area (Å²) in [6.07, 6.45) is 6.30. The summed E-state index contributed by atoms with van der Waals surface area (Å²) in [5, 5.41) is 7.63. The van der Waals surface area contributed by atoms with Crippen LogP contribution in [-0.2, 0) is 19.1 Å². The topological polar surface area (TPSA) is 168 Å². The van der Waals surface area contributed by atoms with Gasteiger partial charge in [0.15, 0.2) is 0 Å². The van der Waals surface area contributed by atoms with Gasteiger partial charge in [0.2, 0.25) is 11.8 Å². The zero-order valence-corrected chi connectivity index (χ0v) is 36.2. The quantitative estimate of drug-likeness (QED) is 0.113. The van der Waals surface area contributed by atoms with Crippen molar-refractivity contribution in [2.75, 3.05) is 34.4 Å². The van der Waals surface area contributed by atoms with Gasteiger partial charge in [-0.15, -0.1) is 0 Å². The number of carbonyl (C=O) groups is 4. The molecule has 0 aliphatic carbocycles. The highest BCUT2D eigenvalue weighted by molar-refractivity contribution is 6.04. The molecule has 3 aliphatic rings. The molecule has 0 bridgehead atoms. The molecule has 4 atom stereocenters. The fraction of sp³-hybridized carbons (Fsp3) is 0.347. The van der Waals surface area contributed by atoms with Crippen molar-refractivity contribution in [3.05, 3.63) is 114 Å². The average Bonchev–Trinajstić information content (AvgIpc) is 4.16. The van der Waals surface area contributed by atoms with E-state index in [-0.39, 0.29) is 29.8 Å². The van der Waals surface area contributed by atoms with E-state index in [1.54, 1.807) is 31.4 Å². The van der Waals surface area contributed by atoms with Gasteiger partial charge in [-0.2, -0.15) is 0 Å². The number of ether oxygens (including phenoxy) is 3. The van der Waals surface area contributed by atoms with Crippen molar-refractivity contribution in [2.45, 2.75) is 70.1 Å². The van der Waals surface area contributed by atoms with Gasteiger partial charge in [-0.3, -0.25) is 14.6 Å². The highest BCUT2D eigenvalue weighted by Crippen LogP contribution is 2.36. The number of methoxy groups -OCH3 is 3. The number of nitrogens with one attached hydrogen (secondary N) is 3. The van der Waals surface area contributed by atoms with Gasteiger partial charge in [-0.1, -0.05) is 74.5 Å². The van der Waals surface area contributed by atoms with Gasteiger partial charge >= 0.3 is 12.2 Å². The van der Waals surface area contributed by atoms with Gasteiger partial charge in [0, 0.05) is 37.0 Å². The Morgan fingerprint density at radius 1 is 0.730 bits per heavy atom. The molecule has 8 rings (SSSR count). The number of fused-ring (bicyclic) bond motifs is 1. The molecule has 2 fully saturated rings. The summed E-state index contributed by atoms with van der Waals surface area (Å²) in [5.41, 5.74) is 7.75. The van der Waals surface area contributed by atoms with Crippen molar-refractivity contribution in [3.8, 4) is 28.1 Å². The third-order valence-electron chi connectivity index (χ3n) is 12.4. The van der Waals surface area contributed by atoms with Gasteiger partial charge in [-0.25, -0.2) is 14.6 Å². The zero-order chi connectivity index (χ0) is 44.2. The molecule has 3 aliphatic heterocycles. The van der Waals surface area contributed by atoms with Crippen LogP contribution in [0.2, 0.25) is 0 Å². The third-order valence-corrected chi connectivity index (χ3v) is 12.4. The second-order valence-electron chi connectivity index (χ2n) is 16.6. The Morgan fingerprint density at radius 3 is 2.06 bits per heavy atom. The first kappa shape index (κ1) is 42.7. The molecule has 5 aromatic rings. The lowest BCUT2D eigenvalue weighted by molar-refractivity contribution is -0.135. The lowest BCUT2D eigenvalue weighted by atomic mass is 9.95. The number of aliphatic imine (C=N–C) groups is 1. The standard InChI is InChI=1S/C49H53N7O7/c1-29(2)43(53-48(59)62-4)46(57)56-22-8-12-42(56)45-51-28-40(52-45)35-20-19-33-23-32(17-18-34(33)24-35)30-13-15-31(16-14-30)37-26-39(50-27-37)41-11-7-21-55(41)47(58)44(54-49(60)63-5)36-9-6-10-38(25-36)61-3/h6,9-10,13-20,23-25,27-29,41-44H,7-8,11-12,21-22,26H2,1-5H3,(H,51,52)(H,53,59)(H,54,60)/t41-,42-,43-,44+/m0/s1. The van der Waals surface area contributed by atoms with Crippen LogP contribution < -0.4 is 15.4 Å². The predicted octanol–water partition coefficient (Wildman–Crippen LogP) is 8.22. The predicted molar refractivity (Wildman–Crippen MR) is 241 cm³/mol. The van der Waals surface area contributed by atoms with E-state index < -0.39 is 24.3 Å². The molecule has 1 aromatic heterocycles. The summed E-state index contributed by atoms with van der Waals surface area (Å²) in [6, 6.07) is 26.4. The Morgan fingerprint density at radius 2 is 1.37 bits per heavy atom. The molecule has 0 unspecified atom stereocenters. The number of rotatable bonds is 12. The third kappa shape index (κ3) is 9.02. The summed E-state index contributed by atoms with van der Waals surface area (Å²) >= 11 is 0. The highest BCUT2D eigenvalue weighted by Gasteiger charge is 2.39. The number of hydrogen-bond acceptors (Lipinski definition) is 9. The van der Waals surface area contributed by atoms with Crippen molar-refractivity contribution < 1.29 is 33.4 Å². The van der Waals surface area contributed by atoms with Gasteiger partial charge in [0.1, 0.15) is 23.7 Å². The van der Waals surface area contributed by atoms with Crippen LogP contribution >= 0.6 is 0 Å². The molecule has 2 saturated heterocycles. The maximum atomic E-state index is 14.1. The molecule has 63 heavy (non-hydrogen) atoms. The van der Waals surface area contributed by atoms with E-state index in [0.29, 0.717) is 30.8 Å². The van der Waals surface area contributed by atoms with Gasteiger partial charge in [0.25, 0.3) is 0 Å². The normalized spacial score (nSPS) is 18.2. The summed E-state index contributed by atoms with van der Waals surface area (Å²) in [4.78, 5) is 68.8. The monoisotopic (exact) mass is 851 g/mol. The molecule has 4 aromatic carbocycles. The molecule has 0 saturated carbocycles. The molecule has 4 heterocycles. The van der Waals surface area contributed by atoms with Crippen molar-refractivity contribution in [1.82, 2.24) is 30.4 Å². The van der Waals surface area contributed by atoms with Gasteiger partial charge in [0.05, 0.1) is 45.3 Å². The number of hydrogen-bond donors (Lipinski definition) is 3. The van der Waals surface area contributed by atoms with E-state index in [4.69, 9.17) is 24.2 Å². The SMILES string of the molecule is COC(=O)N[C@H](C(=O)N1CCC[C@H]1c1ncc(-c2ccc3cc(-c4ccc(C5=CN=C([C@@H]6CCCN6C(=O)[C@H](NC(=O)OC)c6cccc(OC)c6)C5)cc4)ccc3c2)[nH]1)C(C)C. The number of allylic oxidation sites excluding steroid dienone is 1. The Labute approximate surface area is 366 Å². The summed E-state index contributed by atoms with van der Waals surface area (Å²) in [6.45, 7) is 4.97. The lowest BCUT2D eigenvalue weighted by Crippen LogP contribution is -2.51. The van der Waals surface area contributed by atoms with Crippen molar-refractivity contribution in [3.63, 3.8) is 0 Å². The van der Waals surface area contributed by atoms with Crippen LogP contribution in [0, 0.1) is 5.92 Å². The minimum absolute atomic E-state index is 0.108. The number of imidazole rings is 1. The van der Waals surface area contributed by atoms with E-state index in [1.807, 2.05) is 36.0 Å². The second-order valence-corrected chi connectivity index (χ2v) is 16.6. The van der Waals surface area contributed by atoms with Crippen LogP contribution in [0.1, 0.15) is 75.0 Å². The molecule has 0 spiro atoms. The Balaban J connectivity index is 0.916. The number of nitrogens with zero attached hydrogens (tertiary/aromatic N) is 4. The number of likely N-dealkylation sites (tertiary alicyclic amines) is 2. The Bertz CT molecular complexity index is 2580. The van der Waals surface area contributed by atoms with E-state index in [1.165, 1.54) is 14.2 Å². The number of alkyl carbamates (subject to hydrolysis) is 2. The molecule has 3 N–H and O–H groups in total. The number of aromatic amines is 1. The minimum atomic E-state index is -0.937. The fourth-order valence-electron chi connectivity index (χ4n) is 8.97. The molecule has 14 nitrogen and oxygen atoms in total. The minimum Gasteiger partial charge on any atom is -0.497 e. The summed E-state index contributed by atoms with van der Waals surface area (Å²) in [5.74, 6) is 0.852. The Kier molecular flexibility index (Phi) is 12.6. The first-order chi connectivity index (χ1) is 30.5. The molecule has 14 heteroatoms. The number of amides is 4. The average molecular weight is 852 g/mol. The smallest absolute Gasteiger partial charge is 0.407 e. The molecular weight excluding hydrogens is 799 g/mol. The number of H-pyrrole nitrogens is 1. The van der Waals surface area contributed by atoms with Crippen molar-refractivity contribution in [1.29, 1.82) is 0 Å². The van der Waals surface area contributed by atoms with E-state index >= 15 is 0 Å². The molecule has 0 radical (unpaired) electrons. The van der Waals surface area contributed by atoms with Crippen LogP contribution in [0.25, 0.3) is 38.7 Å². The van der Waals surface area contributed by atoms with Crippen molar-refractivity contribution >= 4 is 46.1 Å². The maximum Gasteiger partial charge on any atom is 0.407 e. The number of carbonyl (C=O) groups excluding carboxylic acids is 4. The summed E-state index contributed by atoms with van der Waals surface area (Å²) < 4.78 is 15.0. The van der Waals surface area contributed by atoms with Gasteiger partial charge in [-0.05, 0) is 94.5 Å². The van der Waals surface area contributed by atoms with E-state index in [2.05, 4.69) is 76.3 Å². The number of benzene rings is 4. The highest BCUT2D eigenvalue weighted by atomic mass is 16.5. The van der Waals surface area contributed by atoms with E-state index in [0.717, 1.165) is 81.5 Å². The molecular formula is C49H53N7O7. The maximum absolute atomic E-state index is 14.1. The second kappa shape index (κ2) is 18.6. The first-order valence-electron chi connectivity index (χ1n) is 21.4. The van der Waals surface area contributed by atoms with Crippen molar-refractivity contribution in [2.24, 2.45) is 10.9 Å². The van der Waals surface area contributed by atoms with Crippen LogP contribution in [0.3, 0.4) is 0 Å². The van der Waals surface area contributed by atoms with Crippen LogP contribution in [0.4, 0.5) is 9.59 Å².